The number of para-hydroxylation sites is 1. The first-order valence-electron chi connectivity index (χ1n) is 7.19. The van der Waals surface area contributed by atoms with Gasteiger partial charge in [0.1, 0.15) is 6.33 Å². The van der Waals surface area contributed by atoms with E-state index in [0.29, 0.717) is 17.5 Å². The fourth-order valence-corrected chi connectivity index (χ4v) is 3.92. The Morgan fingerprint density at radius 3 is 2.86 bits per heavy atom. The van der Waals surface area contributed by atoms with Crippen LogP contribution in [0.4, 0.5) is 5.82 Å². The minimum Gasteiger partial charge on any atom is -0.308 e. The van der Waals surface area contributed by atoms with E-state index < -0.39 is 0 Å². The summed E-state index contributed by atoms with van der Waals surface area (Å²) in [5, 5.41) is 3.20. The molecule has 21 heavy (non-hydrogen) atoms. The predicted octanol–water partition coefficient (Wildman–Crippen LogP) is 3.64. The van der Waals surface area contributed by atoms with Crippen molar-refractivity contribution >= 4 is 23.5 Å². The molecule has 4 nitrogen and oxygen atoms in total. The lowest BCUT2D eigenvalue weighted by atomic mass is 10.1. The molecule has 0 spiro atoms. The number of imidazole rings is 1. The van der Waals surface area contributed by atoms with E-state index in [1.54, 1.807) is 18.1 Å². The number of hydrogen-bond acceptors (Lipinski definition) is 3. The molecule has 110 valence electrons. The van der Waals surface area contributed by atoms with Crippen molar-refractivity contribution < 1.29 is 4.79 Å². The Bertz CT molecular complexity index is 636. The van der Waals surface area contributed by atoms with Gasteiger partial charge in [-0.2, -0.15) is 0 Å². The number of carbonyl (C=O) groups is 1. The summed E-state index contributed by atoms with van der Waals surface area (Å²) in [6.07, 6.45) is 2.84. The highest BCUT2D eigenvalue weighted by molar-refractivity contribution is 8.00. The molecular weight excluding hydrogens is 282 g/mol. The van der Waals surface area contributed by atoms with E-state index in [2.05, 4.69) is 40.8 Å². The van der Waals surface area contributed by atoms with Crippen LogP contribution in [0.15, 0.2) is 36.7 Å². The van der Waals surface area contributed by atoms with E-state index in [4.69, 9.17) is 0 Å². The number of nitrogens with zero attached hydrogens (tertiary/aromatic N) is 2. The Hall–Kier alpha value is -1.75. The first kappa shape index (κ1) is 14.2. The average Bonchev–Trinajstić information content (AvgIpc) is 2.81. The Morgan fingerprint density at radius 2 is 2.14 bits per heavy atom. The highest BCUT2D eigenvalue weighted by atomic mass is 32.2. The molecule has 2 aromatic rings. The quantitative estimate of drug-likeness (QED) is 0.941. The number of amides is 1. The molecule has 1 N–H and O–H groups in total. The lowest BCUT2D eigenvalue weighted by Gasteiger charge is -2.19. The minimum absolute atomic E-state index is 0.0332. The summed E-state index contributed by atoms with van der Waals surface area (Å²) in [6, 6.07) is 10.2. The van der Waals surface area contributed by atoms with Crippen LogP contribution >= 0.6 is 11.8 Å². The van der Waals surface area contributed by atoms with E-state index in [1.807, 2.05) is 18.2 Å². The highest BCUT2D eigenvalue weighted by Crippen LogP contribution is 2.41. The summed E-state index contributed by atoms with van der Waals surface area (Å²) >= 11 is 1.70. The van der Waals surface area contributed by atoms with Gasteiger partial charge in [0.05, 0.1) is 11.4 Å². The lowest BCUT2D eigenvalue weighted by molar-refractivity contribution is -0.113. The van der Waals surface area contributed by atoms with Crippen LogP contribution in [0.2, 0.25) is 0 Å². The smallest absolute Gasteiger partial charge is 0.235 e. The fourth-order valence-electron chi connectivity index (χ4n) is 2.59. The van der Waals surface area contributed by atoms with Gasteiger partial charge in [0.15, 0.2) is 5.82 Å². The molecule has 1 aliphatic rings. The van der Waals surface area contributed by atoms with Gasteiger partial charge in [-0.3, -0.25) is 9.36 Å². The summed E-state index contributed by atoms with van der Waals surface area (Å²) in [6.45, 7) is 4.42. The van der Waals surface area contributed by atoms with Crippen LogP contribution in [0, 0.1) is 5.92 Å². The van der Waals surface area contributed by atoms with Crippen molar-refractivity contribution in [2.45, 2.75) is 25.5 Å². The third-order valence-electron chi connectivity index (χ3n) is 3.50. The fraction of sp³-hybridized carbons (Fsp3) is 0.375. The van der Waals surface area contributed by atoms with Crippen molar-refractivity contribution in [3.8, 4) is 5.69 Å². The number of thioether (sulfide) groups is 1. The topological polar surface area (TPSA) is 46.9 Å². The molecule has 0 fully saturated rings. The van der Waals surface area contributed by atoms with Gasteiger partial charge in [-0.1, -0.05) is 32.0 Å². The van der Waals surface area contributed by atoms with Crippen molar-refractivity contribution in [1.29, 1.82) is 0 Å². The van der Waals surface area contributed by atoms with Gasteiger partial charge in [-0.15, -0.1) is 11.8 Å². The van der Waals surface area contributed by atoms with Gasteiger partial charge in [-0.25, -0.2) is 4.98 Å². The minimum atomic E-state index is 0.0332. The lowest BCUT2D eigenvalue weighted by Crippen LogP contribution is -2.12. The molecule has 0 radical (unpaired) electrons. The van der Waals surface area contributed by atoms with Crippen LogP contribution < -0.4 is 5.32 Å². The number of aromatic nitrogens is 2. The van der Waals surface area contributed by atoms with Crippen molar-refractivity contribution in [3.05, 3.63) is 42.4 Å². The van der Waals surface area contributed by atoms with Crippen molar-refractivity contribution in [2.24, 2.45) is 5.92 Å². The average molecular weight is 301 g/mol. The number of anilines is 1. The molecule has 1 aromatic carbocycles. The number of hydrogen-bond donors (Lipinski definition) is 1. The van der Waals surface area contributed by atoms with Crippen LogP contribution in [0.5, 0.6) is 0 Å². The first-order valence-corrected chi connectivity index (χ1v) is 8.24. The summed E-state index contributed by atoms with van der Waals surface area (Å²) in [5.74, 6) is 1.80. The normalized spacial score (nSPS) is 18.2. The zero-order valence-electron chi connectivity index (χ0n) is 12.2. The van der Waals surface area contributed by atoms with E-state index >= 15 is 0 Å². The van der Waals surface area contributed by atoms with Crippen LogP contribution in [0.1, 0.15) is 31.2 Å². The maximum absolute atomic E-state index is 11.8. The third kappa shape index (κ3) is 2.97. The maximum atomic E-state index is 11.8. The van der Waals surface area contributed by atoms with Crippen LogP contribution in [-0.2, 0) is 4.79 Å². The summed E-state index contributed by atoms with van der Waals surface area (Å²) in [7, 11) is 0. The molecule has 0 unspecified atom stereocenters. The molecule has 0 saturated carbocycles. The Labute approximate surface area is 129 Å². The van der Waals surface area contributed by atoms with Crippen LogP contribution in [-0.4, -0.2) is 21.2 Å². The molecular formula is C16H19N3OS. The summed E-state index contributed by atoms with van der Waals surface area (Å²) in [5.41, 5.74) is 2.18. The van der Waals surface area contributed by atoms with Gasteiger partial charge in [0.25, 0.3) is 0 Å². The van der Waals surface area contributed by atoms with Crippen LogP contribution in [0.3, 0.4) is 0 Å². The second-order valence-electron chi connectivity index (χ2n) is 5.66. The molecule has 1 atom stereocenters. The highest BCUT2D eigenvalue weighted by Gasteiger charge is 2.28. The zero-order valence-corrected chi connectivity index (χ0v) is 13.1. The van der Waals surface area contributed by atoms with Crippen molar-refractivity contribution in [1.82, 2.24) is 9.55 Å². The first-order chi connectivity index (χ1) is 10.1. The Morgan fingerprint density at radius 1 is 1.38 bits per heavy atom. The van der Waals surface area contributed by atoms with Crippen molar-refractivity contribution in [2.75, 3.05) is 11.1 Å². The molecule has 5 heteroatoms. The zero-order chi connectivity index (χ0) is 14.8. The van der Waals surface area contributed by atoms with E-state index in [0.717, 1.165) is 17.8 Å². The van der Waals surface area contributed by atoms with E-state index in [1.165, 1.54) is 0 Å². The van der Waals surface area contributed by atoms with Crippen LogP contribution in [0.25, 0.3) is 5.69 Å². The molecule has 0 saturated heterocycles. The monoisotopic (exact) mass is 301 g/mol. The van der Waals surface area contributed by atoms with Gasteiger partial charge in [0.2, 0.25) is 5.91 Å². The van der Waals surface area contributed by atoms with E-state index in [9.17, 15) is 4.79 Å². The number of carbonyl (C=O) groups excluding carboxylic acids is 1. The number of benzene rings is 1. The molecule has 3 rings (SSSR count). The summed E-state index contributed by atoms with van der Waals surface area (Å²) in [4.78, 5) is 16.3. The second kappa shape index (κ2) is 5.93. The van der Waals surface area contributed by atoms with Gasteiger partial charge in [-0.05, 0) is 24.5 Å². The standard InChI is InChI=1S/C16H19N3OS/c1-11(2)8-13-15-16(18-14(20)9-21-13)17-10-19(15)12-6-4-3-5-7-12/h3-7,10-11,13H,8-9H2,1-2H3,(H,18,20)/t13-/m0/s1. The third-order valence-corrected chi connectivity index (χ3v) is 4.75. The van der Waals surface area contributed by atoms with E-state index in [-0.39, 0.29) is 11.2 Å². The Balaban J connectivity index is 2.07. The molecule has 0 bridgehead atoms. The molecule has 2 heterocycles. The summed E-state index contributed by atoms with van der Waals surface area (Å²) < 4.78 is 2.10. The SMILES string of the molecule is CC(C)C[C@@H]1SCC(=O)Nc2ncn(-c3ccccc3)c21. The number of nitrogens with one attached hydrogen (secondary N) is 1. The number of rotatable bonds is 3. The predicted molar refractivity (Wildman–Crippen MR) is 86.8 cm³/mol. The largest absolute Gasteiger partial charge is 0.308 e. The molecule has 0 aliphatic carbocycles. The molecule has 1 aliphatic heterocycles. The second-order valence-corrected chi connectivity index (χ2v) is 6.85. The Kier molecular flexibility index (Phi) is 4.01. The molecule has 1 aromatic heterocycles. The van der Waals surface area contributed by atoms with Gasteiger partial charge in [0, 0.05) is 10.9 Å². The molecule has 1 amide bonds. The van der Waals surface area contributed by atoms with Gasteiger partial charge >= 0.3 is 0 Å². The van der Waals surface area contributed by atoms with Crippen molar-refractivity contribution in [3.63, 3.8) is 0 Å². The maximum Gasteiger partial charge on any atom is 0.235 e. The van der Waals surface area contributed by atoms with Gasteiger partial charge < -0.3 is 5.32 Å². The number of fused-ring (bicyclic) bond motifs is 1.